The highest BCUT2D eigenvalue weighted by Crippen LogP contribution is 2.31. The molecule has 1 fully saturated rings. The van der Waals surface area contributed by atoms with Gasteiger partial charge in [0.25, 0.3) is 0 Å². The van der Waals surface area contributed by atoms with Crippen LogP contribution in [0.1, 0.15) is 82.4 Å². The first kappa shape index (κ1) is 27.4. The van der Waals surface area contributed by atoms with E-state index in [1.807, 2.05) is 6.92 Å². The van der Waals surface area contributed by atoms with E-state index in [0.717, 1.165) is 76.1 Å². The van der Waals surface area contributed by atoms with Gasteiger partial charge >= 0.3 is 5.97 Å². The van der Waals surface area contributed by atoms with Crippen LogP contribution in [0.15, 0.2) is 12.1 Å². The Kier molecular flexibility index (Phi) is 10.8. The second kappa shape index (κ2) is 13.8. The summed E-state index contributed by atoms with van der Waals surface area (Å²) < 4.78 is 12.4. The summed E-state index contributed by atoms with van der Waals surface area (Å²) in [6.45, 7) is 4.81. The van der Waals surface area contributed by atoms with Crippen molar-refractivity contribution in [3.8, 4) is 0 Å². The van der Waals surface area contributed by atoms with Crippen LogP contribution in [0.25, 0.3) is 0 Å². The van der Waals surface area contributed by atoms with Crippen molar-refractivity contribution in [2.75, 3.05) is 38.2 Å². The summed E-state index contributed by atoms with van der Waals surface area (Å²) in [7, 11) is 0. The van der Waals surface area contributed by atoms with Crippen LogP contribution in [0.3, 0.4) is 0 Å². The monoisotopic (exact) mass is 490 g/mol. The standard InChI is InChI=1S/C27H43FN4O3/c1-27(14-19-32(20-15-27)18-8-16-28)26(35)31-23(25(33)34)11-6-4-2-3-5-10-22-13-12-21-9-7-17-29-24(21)30-22/h12-13,23H,2-11,14-20H2,1H3,(H,29,30)(H,31,35)(H,33,34). The number of fused-ring (bicyclic) bond motifs is 1. The SMILES string of the molecule is CC1(C(=O)NC(CCCCCCCc2ccc3c(n2)NCCC3)C(=O)O)CCN(CCCF)CC1. The van der Waals surface area contributed by atoms with Crippen LogP contribution < -0.4 is 10.6 Å². The fourth-order valence-electron chi connectivity index (χ4n) is 5.06. The molecule has 35 heavy (non-hydrogen) atoms. The van der Waals surface area contributed by atoms with E-state index in [4.69, 9.17) is 4.98 Å². The van der Waals surface area contributed by atoms with Crippen molar-refractivity contribution in [1.82, 2.24) is 15.2 Å². The lowest BCUT2D eigenvalue weighted by molar-refractivity contribution is -0.144. The van der Waals surface area contributed by atoms with Crippen molar-refractivity contribution >= 4 is 17.7 Å². The summed E-state index contributed by atoms with van der Waals surface area (Å²) in [5, 5.41) is 15.8. The van der Waals surface area contributed by atoms with E-state index < -0.39 is 17.4 Å². The average Bonchev–Trinajstić information content (AvgIpc) is 2.86. The molecule has 0 saturated carbocycles. The zero-order valence-corrected chi connectivity index (χ0v) is 21.3. The Labute approximate surface area is 209 Å². The predicted octanol–water partition coefficient (Wildman–Crippen LogP) is 4.35. The van der Waals surface area contributed by atoms with Crippen molar-refractivity contribution in [2.45, 2.75) is 90.0 Å². The maximum atomic E-state index is 12.9. The number of anilines is 1. The summed E-state index contributed by atoms with van der Waals surface area (Å²) in [5.41, 5.74) is 1.89. The molecule has 3 heterocycles. The fourth-order valence-corrected chi connectivity index (χ4v) is 5.06. The van der Waals surface area contributed by atoms with Crippen molar-refractivity contribution in [3.63, 3.8) is 0 Å². The van der Waals surface area contributed by atoms with Gasteiger partial charge in [-0.1, -0.05) is 38.7 Å². The predicted molar refractivity (Wildman–Crippen MR) is 136 cm³/mol. The lowest BCUT2D eigenvalue weighted by Crippen LogP contribution is -2.51. The molecule has 0 aromatic carbocycles. The van der Waals surface area contributed by atoms with E-state index in [1.165, 1.54) is 12.0 Å². The Morgan fingerprint density at radius 3 is 2.66 bits per heavy atom. The van der Waals surface area contributed by atoms with E-state index >= 15 is 0 Å². The van der Waals surface area contributed by atoms with Crippen LogP contribution >= 0.6 is 0 Å². The number of aromatic nitrogens is 1. The third kappa shape index (κ3) is 8.44. The van der Waals surface area contributed by atoms with Gasteiger partial charge in [-0.05, 0) is 76.1 Å². The van der Waals surface area contributed by atoms with Gasteiger partial charge in [-0.15, -0.1) is 0 Å². The van der Waals surface area contributed by atoms with E-state index in [0.29, 0.717) is 32.2 Å². The molecular weight excluding hydrogens is 447 g/mol. The summed E-state index contributed by atoms with van der Waals surface area (Å²) in [5.74, 6) is -0.0803. The van der Waals surface area contributed by atoms with E-state index in [2.05, 4.69) is 27.7 Å². The maximum Gasteiger partial charge on any atom is 0.326 e. The van der Waals surface area contributed by atoms with E-state index in [1.54, 1.807) is 0 Å². The number of nitrogens with zero attached hydrogens (tertiary/aromatic N) is 2. The minimum absolute atomic E-state index is 0.165. The number of hydrogen-bond donors (Lipinski definition) is 3. The minimum Gasteiger partial charge on any atom is -0.480 e. The smallest absolute Gasteiger partial charge is 0.326 e. The van der Waals surface area contributed by atoms with Crippen LogP contribution in [0.2, 0.25) is 0 Å². The number of unbranched alkanes of at least 4 members (excludes halogenated alkanes) is 4. The highest BCUT2D eigenvalue weighted by molar-refractivity contribution is 5.87. The molecular formula is C27H43FN4O3. The van der Waals surface area contributed by atoms with Gasteiger partial charge < -0.3 is 20.6 Å². The van der Waals surface area contributed by atoms with Gasteiger partial charge in [0, 0.05) is 24.2 Å². The minimum atomic E-state index is -0.963. The quantitative estimate of drug-likeness (QED) is 0.336. The lowest BCUT2D eigenvalue weighted by atomic mass is 9.79. The van der Waals surface area contributed by atoms with Gasteiger partial charge in [-0.25, -0.2) is 9.78 Å². The number of hydrogen-bond acceptors (Lipinski definition) is 5. The molecule has 1 amide bonds. The topological polar surface area (TPSA) is 94.6 Å². The van der Waals surface area contributed by atoms with E-state index in [9.17, 15) is 19.1 Å². The Morgan fingerprint density at radius 2 is 1.91 bits per heavy atom. The number of amides is 1. The Balaban J connectivity index is 1.31. The van der Waals surface area contributed by atoms with Crippen LogP contribution in [0.5, 0.6) is 0 Å². The molecule has 0 radical (unpaired) electrons. The van der Waals surface area contributed by atoms with Crippen molar-refractivity contribution < 1.29 is 19.1 Å². The Bertz CT molecular complexity index is 827. The molecule has 8 heteroatoms. The summed E-state index contributed by atoms with van der Waals surface area (Å²) >= 11 is 0. The van der Waals surface area contributed by atoms with Crippen molar-refractivity contribution in [2.24, 2.45) is 5.41 Å². The molecule has 7 nitrogen and oxygen atoms in total. The first-order valence-electron chi connectivity index (χ1n) is 13.5. The molecule has 0 spiro atoms. The normalized spacial score (nSPS) is 18.3. The zero-order valence-electron chi connectivity index (χ0n) is 21.3. The molecule has 3 rings (SSSR count). The molecule has 196 valence electrons. The summed E-state index contributed by atoms with van der Waals surface area (Å²) in [6.07, 6.45) is 10.5. The van der Waals surface area contributed by atoms with Crippen molar-refractivity contribution in [3.05, 3.63) is 23.4 Å². The first-order chi connectivity index (χ1) is 16.9. The number of carboxylic acids is 1. The van der Waals surface area contributed by atoms with Gasteiger partial charge in [0.15, 0.2) is 0 Å². The number of carbonyl (C=O) groups is 2. The second-order valence-corrected chi connectivity index (χ2v) is 10.5. The Morgan fingerprint density at radius 1 is 1.17 bits per heavy atom. The summed E-state index contributed by atoms with van der Waals surface area (Å²) in [4.78, 5) is 31.6. The average molecular weight is 491 g/mol. The van der Waals surface area contributed by atoms with Gasteiger partial charge in [0.2, 0.25) is 5.91 Å². The molecule has 0 aliphatic carbocycles. The number of rotatable bonds is 14. The molecule has 2 aliphatic heterocycles. The first-order valence-corrected chi connectivity index (χ1v) is 13.5. The Hall–Kier alpha value is -2.22. The lowest BCUT2D eigenvalue weighted by Gasteiger charge is -2.38. The number of likely N-dealkylation sites (tertiary alicyclic amines) is 1. The molecule has 0 bridgehead atoms. The highest BCUT2D eigenvalue weighted by Gasteiger charge is 2.38. The third-order valence-corrected chi connectivity index (χ3v) is 7.60. The highest BCUT2D eigenvalue weighted by atomic mass is 19.1. The van der Waals surface area contributed by atoms with Crippen molar-refractivity contribution in [1.29, 1.82) is 0 Å². The van der Waals surface area contributed by atoms with Gasteiger partial charge in [0.1, 0.15) is 11.9 Å². The number of nitrogens with one attached hydrogen (secondary N) is 2. The number of aliphatic carboxylic acids is 1. The third-order valence-electron chi connectivity index (χ3n) is 7.60. The van der Waals surface area contributed by atoms with E-state index in [-0.39, 0.29) is 12.6 Å². The molecule has 3 N–H and O–H groups in total. The van der Waals surface area contributed by atoms with Crippen LogP contribution in [-0.4, -0.2) is 65.8 Å². The number of pyridine rings is 1. The number of halogens is 1. The van der Waals surface area contributed by atoms with Crippen LogP contribution in [0.4, 0.5) is 10.2 Å². The van der Waals surface area contributed by atoms with Gasteiger partial charge in [-0.2, -0.15) is 0 Å². The molecule has 1 atom stereocenters. The summed E-state index contributed by atoms with van der Waals surface area (Å²) in [6, 6.07) is 3.50. The van der Waals surface area contributed by atoms with Gasteiger partial charge in [0.05, 0.1) is 6.67 Å². The number of piperidine rings is 1. The van der Waals surface area contributed by atoms with Gasteiger partial charge in [-0.3, -0.25) is 9.18 Å². The number of carbonyl (C=O) groups excluding carboxylic acids is 1. The number of aryl methyl sites for hydroxylation is 2. The zero-order chi connectivity index (χ0) is 25.1. The molecule has 1 aromatic rings. The van der Waals surface area contributed by atoms with Crippen LogP contribution in [-0.2, 0) is 22.4 Å². The molecule has 1 unspecified atom stereocenters. The van der Waals surface area contributed by atoms with Crippen LogP contribution in [0, 0.1) is 5.41 Å². The second-order valence-electron chi connectivity index (χ2n) is 10.5. The maximum absolute atomic E-state index is 12.9. The largest absolute Gasteiger partial charge is 0.480 e. The number of carboxylic acid groups (broad SMARTS) is 1. The fraction of sp³-hybridized carbons (Fsp3) is 0.741. The molecule has 1 aromatic heterocycles. The number of alkyl halides is 1. The molecule has 2 aliphatic rings. The molecule has 1 saturated heterocycles.